The molecule has 0 atom stereocenters. The van der Waals surface area contributed by atoms with Crippen LogP contribution in [0.2, 0.25) is 0 Å². The predicted octanol–water partition coefficient (Wildman–Crippen LogP) is 3.59. The molecule has 1 aliphatic rings. The number of nitro benzene ring substituents is 1. The highest BCUT2D eigenvalue weighted by Gasteiger charge is 2.30. The first-order valence-corrected chi connectivity index (χ1v) is 9.11. The number of hydrogen-bond acceptors (Lipinski definition) is 7. The van der Waals surface area contributed by atoms with Crippen molar-refractivity contribution in [2.75, 3.05) is 7.11 Å². The number of nitrogens with zero attached hydrogens (tertiary/aromatic N) is 4. The minimum atomic E-state index is -0.527. The van der Waals surface area contributed by atoms with Crippen molar-refractivity contribution >= 4 is 29.5 Å². The number of esters is 1. The van der Waals surface area contributed by atoms with Gasteiger partial charge in [-0.2, -0.15) is 0 Å². The van der Waals surface area contributed by atoms with Gasteiger partial charge in [-0.3, -0.25) is 10.1 Å². The maximum absolute atomic E-state index is 11.5. The predicted molar refractivity (Wildman–Crippen MR) is 100 cm³/mol. The number of carbonyl (C=O) groups excluding carboxylic acids is 1. The molecule has 1 aliphatic carbocycles. The Morgan fingerprint density at radius 1 is 1.48 bits per heavy atom. The number of methoxy groups -OCH3 is 1. The molecule has 1 fully saturated rings. The molecule has 0 radical (unpaired) electrons. The summed E-state index contributed by atoms with van der Waals surface area (Å²) in [5, 5.41) is 20.6. The van der Waals surface area contributed by atoms with Crippen molar-refractivity contribution in [3.63, 3.8) is 0 Å². The highest BCUT2D eigenvalue weighted by atomic mass is 32.2. The maximum Gasteiger partial charge on any atom is 0.330 e. The number of aromatic nitrogens is 3. The van der Waals surface area contributed by atoms with Gasteiger partial charge in [0.2, 0.25) is 0 Å². The van der Waals surface area contributed by atoms with Gasteiger partial charge in [-0.25, -0.2) is 4.79 Å². The zero-order valence-corrected chi connectivity index (χ0v) is 15.5. The smallest absolute Gasteiger partial charge is 0.330 e. The first-order valence-electron chi connectivity index (χ1n) is 8.29. The van der Waals surface area contributed by atoms with Crippen LogP contribution in [0.4, 0.5) is 5.69 Å². The third kappa shape index (κ3) is 4.43. The zero-order valence-electron chi connectivity index (χ0n) is 14.7. The minimum Gasteiger partial charge on any atom is -0.466 e. The van der Waals surface area contributed by atoms with Crippen LogP contribution in [-0.4, -0.2) is 32.8 Å². The van der Waals surface area contributed by atoms with Crippen LogP contribution in [-0.2, 0) is 16.1 Å². The van der Waals surface area contributed by atoms with E-state index >= 15 is 0 Å². The molecular formula is C18H18N4O4S. The van der Waals surface area contributed by atoms with E-state index in [0.29, 0.717) is 28.1 Å². The van der Waals surface area contributed by atoms with E-state index in [9.17, 15) is 14.9 Å². The maximum atomic E-state index is 11.5. The lowest BCUT2D eigenvalue weighted by molar-refractivity contribution is -0.387. The Bertz CT molecular complexity index is 918. The van der Waals surface area contributed by atoms with E-state index in [2.05, 4.69) is 21.5 Å². The third-order valence-electron chi connectivity index (χ3n) is 3.99. The molecule has 140 valence electrons. The van der Waals surface area contributed by atoms with Gasteiger partial charge < -0.3 is 9.30 Å². The summed E-state index contributed by atoms with van der Waals surface area (Å²) in [6.45, 7) is 4.31. The number of hydrogen-bond donors (Lipinski definition) is 0. The molecule has 0 bridgehead atoms. The van der Waals surface area contributed by atoms with Crippen LogP contribution < -0.4 is 0 Å². The van der Waals surface area contributed by atoms with Crippen LogP contribution >= 0.6 is 11.8 Å². The average Bonchev–Trinajstić information content (AvgIpc) is 3.43. The molecule has 0 saturated heterocycles. The zero-order chi connectivity index (χ0) is 19.4. The molecule has 0 amide bonds. The molecule has 2 aromatic rings. The van der Waals surface area contributed by atoms with E-state index in [1.54, 1.807) is 18.2 Å². The summed E-state index contributed by atoms with van der Waals surface area (Å²) in [4.78, 5) is 22.7. The molecule has 0 unspecified atom stereocenters. The van der Waals surface area contributed by atoms with Gasteiger partial charge in [0.15, 0.2) is 5.16 Å². The second-order valence-electron chi connectivity index (χ2n) is 5.96. The summed E-state index contributed by atoms with van der Waals surface area (Å²) >= 11 is 1.20. The number of carbonyl (C=O) groups is 1. The summed E-state index contributed by atoms with van der Waals surface area (Å²) in [7, 11) is 1.27. The highest BCUT2D eigenvalue weighted by molar-refractivity contribution is 7.99. The van der Waals surface area contributed by atoms with Crippen LogP contribution in [0.15, 0.2) is 47.0 Å². The molecule has 0 spiro atoms. The number of benzene rings is 1. The van der Waals surface area contributed by atoms with Gasteiger partial charge in [0, 0.05) is 24.6 Å². The first kappa shape index (κ1) is 18.8. The number of rotatable bonds is 8. The standard InChI is InChI=1S/C18H18N4O4S/c1-3-10-21-17(13-6-7-13)19-20-18(21)27-15-8-4-12(5-9-16(23)26-2)11-14(15)22(24)25/h3-5,8-9,11,13H,1,6-7,10H2,2H3/b9-5+. The van der Waals surface area contributed by atoms with E-state index in [4.69, 9.17) is 0 Å². The second kappa shape index (κ2) is 8.17. The van der Waals surface area contributed by atoms with Crippen molar-refractivity contribution in [3.05, 3.63) is 58.4 Å². The SMILES string of the molecule is C=CCn1c(Sc2ccc(/C=C/C(=O)OC)cc2[N+](=O)[O-])nnc1C1CC1. The molecule has 0 aliphatic heterocycles. The van der Waals surface area contributed by atoms with Crippen LogP contribution in [0, 0.1) is 10.1 Å². The Labute approximate surface area is 160 Å². The summed E-state index contributed by atoms with van der Waals surface area (Å²) < 4.78 is 6.47. The Hall–Kier alpha value is -2.94. The van der Waals surface area contributed by atoms with E-state index in [1.807, 2.05) is 4.57 Å². The Morgan fingerprint density at radius 3 is 2.89 bits per heavy atom. The normalized spacial score (nSPS) is 13.7. The largest absolute Gasteiger partial charge is 0.466 e. The van der Waals surface area contributed by atoms with Crippen molar-refractivity contribution in [2.45, 2.75) is 35.4 Å². The summed E-state index contributed by atoms with van der Waals surface area (Å²) in [5.74, 6) is 0.784. The number of nitro groups is 1. The average molecular weight is 386 g/mol. The molecule has 0 N–H and O–H groups in total. The van der Waals surface area contributed by atoms with E-state index in [0.717, 1.165) is 18.7 Å². The first-order chi connectivity index (χ1) is 13.0. The highest BCUT2D eigenvalue weighted by Crippen LogP contribution is 2.41. The van der Waals surface area contributed by atoms with Crippen molar-refractivity contribution in [1.29, 1.82) is 0 Å². The lowest BCUT2D eigenvalue weighted by Crippen LogP contribution is -2.03. The third-order valence-corrected chi connectivity index (χ3v) is 5.04. The van der Waals surface area contributed by atoms with E-state index in [1.165, 1.54) is 37.1 Å². The monoisotopic (exact) mass is 386 g/mol. The van der Waals surface area contributed by atoms with E-state index in [-0.39, 0.29) is 5.69 Å². The van der Waals surface area contributed by atoms with Gasteiger partial charge in [0.1, 0.15) is 5.82 Å². The number of allylic oxidation sites excluding steroid dienone is 1. The van der Waals surface area contributed by atoms with Crippen molar-refractivity contribution in [3.8, 4) is 0 Å². The van der Waals surface area contributed by atoms with E-state index < -0.39 is 10.9 Å². The molecular weight excluding hydrogens is 368 g/mol. The van der Waals surface area contributed by atoms with Crippen LogP contribution in [0.25, 0.3) is 6.08 Å². The van der Waals surface area contributed by atoms with Gasteiger partial charge in [-0.05, 0) is 42.3 Å². The fraction of sp³-hybridized carbons (Fsp3) is 0.278. The second-order valence-corrected chi connectivity index (χ2v) is 6.97. The molecule has 1 heterocycles. The number of ether oxygens (including phenoxy) is 1. The topological polar surface area (TPSA) is 100 Å². The Kier molecular flexibility index (Phi) is 5.70. The van der Waals surface area contributed by atoms with Crippen molar-refractivity contribution in [2.24, 2.45) is 0 Å². The molecule has 1 aromatic heterocycles. The molecule has 8 nitrogen and oxygen atoms in total. The molecule has 9 heteroatoms. The van der Waals surface area contributed by atoms with Crippen molar-refractivity contribution in [1.82, 2.24) is 14.8 Å². The summed E-state index contributed by atoms with van der Waals surface area (Å²) in [5.41, 5.74) is 0.468. The van der Waals surface area contributed by atoms with Crippen LogP contribution in [0.3, 0.4) is 0 Å². The summed E-state index contributed by atoms with van der Waals surface area (Å²) in [6.07, 6.45) is 6.62. The Balaban J connectivity index is 1.90. The van der Waals surface area contributed by atoms with Crippen LogP contribution in [0.1, 0.15) is 30.1 Å². The van der Waals surface area contributed by atoms with Gasteiger partial charge in [0.25, 0.3) is 5.69 Å². The quantitative estimate of drug-likeness (QED) is 0.225. The lowest BCUT2D eigenvalue weighted by atomic mass is 10.2. The molecule has 3 rings (SSSR count). The fourth-order valence-corrected chi connectivity index (χ4v) is 3.45. The fourth-order valence-electron chi connectivity index (χ4n) is 2.52. The van der Waals surface area contributed by atoms with Gasteiger partial charge in [0.05, 0.1) is 16.9 Å². The minimum absolute atomic E-state index is 0.0619. The van der Waals surface area contributed by atoms with Gasteiger partial charge in [-0.1, -0.05) is 12.1 Å². The molecule has 1 saturated carbocycles. The van der Waals surface area contributed by atoms with Gasteiger partial charge in [-0.15, -0.1) is 16.8 Å². The van der Waals surface area contributed by atoms with Crippen LogP contribution in [0.5, 0.6) is 0 Å². The lowest BCUT2D eigenvalue weighted by Gasteiger charge is -2.07. The van der Waals surface area contributed by atoms with Gasteiger partial charge >= 0.3 is 5.97 Å². The van der Waals surface area contributed by atoms with Crippen molar-refractivity contribution < 1.29 is 14.5 Å². The summed E-state index contributed by atoms with van der Waals surface area (Å²) in [6, 6.07) is 4.76. The molecule has 27 heavy (non-hydrogen) atoms. The Morgan fingerprint density at radius 2 is 2.26 bits per heavy atom. The molecule has 1 aromatic carbocycles.